The lowest BCUT2D eigenvalue weighted by atomic mass is 10.1. The highest BCUT2D eigenvalue weighted by Crippen LogP contribution is 2.22. The number of anilines is 1. The number of aryl methyl sites for hydroxylation is 1. The number of hydrogen-bond acceptors (Lipinski definition) is 3. The molecule has 1 atom stereocenters. The predicted octanol–water partition coefficient (Wildman–Crippen LogP) is 2.81. The quantitative estimate of drug-likeness (QED) is 0.848. The van der Waals surface area contributed by atoms with Crippen molar-refractivity contribution in [3.05, 3.63) is 36.0 Å². The van der Waals surface area contributed by atoms with E-state index >= 15 is 0 Å². The maximum absolute atomic E-state index is 4.55. The highest BCUT2D eigenvalue weighted by molar-refractivity contribution is 5.91. The van der Waals surface area contributed by atoms with E-state index in [4.69, 9.17) is 0 Å². The SMILES string of the molecule is CNCC(C)CNc1cc(C)nc2ccccc12. The van der Waals surface area contributed by atoms with Crippen molar-refractivity contribution in [2.24, 2.45) is 5.92 Å². The molecule has 0 radical (unpaired) electrons. The van der Waals surface area contributed by atoms with Gasteiger partial charge < -0.3 is 10.6 Å². The minimum atomic E-state index is 0.599. The van der Waals surface area contributed by atoms with Crippen LogP contribution in [0.1, 0.15) is 12.6 Å². The van der Waals surface area contributed by atoms with E-state index in [1.165, 1.54) is 11.1 Å². The van der Waals surface area contributed by atoms with Gasteiger partial charge in [-0.25, -0.2) is 0 Å². The van der Waals surface area contributed by atoms with Crippen LogP contribution in [-0.2, 0) is 0 Å². The molecule has 1 aromatic heterocycles. The van der Waals surface area contributed by atoms with Crippen molar-refractivity contribution in [1.82, 2.24) is 10.3 Å². The lowest BCUT2D eigenvalue weighted by Crippen LogP contribution is -2.22. The van der Waals surface area contributed by atoms with Crippen LogP contribution in [0.15, 0.2) is 30.3 Å². The smallest absolute Gasteiger partial charge is 0.0725 e. The highest BCUT2D eigenvalue weighted by atomic mass is 14.9. The van der Waals surface area contributed by atoms with E-state index in [0.29, 0.717) is 5.92 Å². The molecule has 0 aliphatic carbocycles. The second kappa shape index (κ2) is 5.83. The average molecular weight is 243 g/mol. The second-order valence-corrected chi connectivity index (χ2v) is 4.87. The summed E-state index contributed by atoms with van der Waals surface area (Å²) in [6.07, 6.45) is 0. The number of hydrogen-bond donors (Lipinski definition) is 2. The zero-order chi connectivity index (χ0) is 13.0. The Morgan fingerprint density at radius 1 is 1.22 bits per heavy atom. The Labute approximate surface area is 109 Å². The Morgan fingerprint density at radius 2 is 2.00 bits per heavy atom. The van der Waals surface area contributed by atoms with E-state index in [-0.39, 0.29) is 0 Å². The van der Waals surface area contributed by atoms with Gasteiger partial charge in [0.1, 0.15) is 0 Å². The van der Waals surface area contributed by atoms with Gasteiger partial charge in [0, 0.05) is 23.3 Å². The average Bonchev–Trinajstić information content (AvgIpc) is 2.36. The minimum absolute atomic E-state index is 0.599. The summed E-state index contributed by atoms with van der Waals surface area (Å²) < 4.78 is 0. The maximum Gasteiger partial charge on any atom is 0.0725 e. The molecule has 2 rings (SSSR count). The van der Waals surface area contributed by atoms with Gasteiger partial charge in [0.15, 0.2) is 0 Å². The van der Waals surface area contributed by atoms with Gasteiger partial charge in [-0.05, 0) is 38.6 Å². The Balaban J connectivity index is 2.21. The first-order valence-electron chi connectivity index (χ1n) is 6.45. The molecule has 3 heteroatoms. The lowest BCUT2D eigenvalue weighted by molar-refractivity contribution is 0.570. The van der Waals surface area contributed by atoms with Crippen molar-refractivity contribution in [3.63, 3.8) is 0 Å². The highest BCUT2D eigenvalue weighted by Gasteiger charge is 2.05. The number of nitrogens with zero attached hydrogens (tertiary/aromatic N) is 1. The molecule has 2 aromatic rings. The fraction of sp³-hybridized carbons (Fsp3) is 0.400. The fourth-order valence-electron chi connectivity index (χ4n) is 2.16. The second-order valence-electron chi connectivity index (χ2n) is 4.87. The monoisotopic (exact) mass is 243 g/mol. The lowest BCUT2D eigenvalue weighted by Gasteiger charge is -2.15. The molecule has 0 aliphatic rings. The number of aromatic nitrogens is 1. The van der Waals surface area contributed by atoms with Crippen LogP contribution in [0.4, 0.5) is 5.69 Å². The van der Waals surface area contributed by atoms with Gasteiger partial charge in [0.25, 0.3) is 0 Å². The van der Waals surface area contributed by atoms with Gasteiger partial charge in [0.2, 0.25) is 0 Å². The molecule has 3 nitrogen and oxygen atoms in total. The van der Waals surface area contributed by atoms with Crippen LogP contribution < -0.4 is 10.6 Å². The molecule has 2 N–H and O–H groups in total. The molecular weight excluding hydrogens is 222 g/mol. The first kappa shape index (κ1) is 12.8. The van der Waals surface area contributed by atoms with E-state index < -0.39 is 0 Å². The van der Waals surface area contributed by atoms with E-state index in [1.54, 1.807) is 0 Å². The molecule has 96 valence electrons. The van der Waals surface area contributed by atoms with Crippen molar-refractivity contribution in [2.75, 3.05) is 25.5 Å². The number of para-hydroxylation sites is 1. The molecule has 1 aromatic carbocycles. The summed E-state index contributed by atoms with van der Waals surface area (Å²) in [7, 11) is 1.99. The van der Waals surface area contributed by atoms with Crippen molar-refractivity contribution in [1.29, 1.82) is 0 Å². The van der Waals surface area contributed by atoms with Crippen LogP contribution in [0.25, 0.3) is 10.9 Å². The van der Waals surface area contributed by atoms with E-state index in [1.807, 2.05) is 20.0 Å². The van der Waals surface area contributed by atoms with Crippen molar-refractivity contribution >= 4 is 16.6 Å². The topological polar surface area (TPSA) is 37.0 Å². The third-order valence-electron chi connectivity index (χ3n) is 3.04. The first-order chi connectivity index (χ1) is 8.70. The summed E-state index contributed by atoms with van der Waals surface area (Å²) >= 11 is 0. The molecule has 0 fully saturated rings. The molecule has 0 spiro atoms. The van der Waals surface area contributed by atoms with Gasteiger partial charge in [-0.15, -0.1) is 0 Å². The van der Waals surface area contributed by atoms with Crippen LogP contribution in [0.5, 0.6) is 0 Å². The Kier molecular flexibility index (Phi) is 4.15. The molecule has 1 unspecified atom stereocenters. The van der Waals surface area contributed by atoms with Gasteiger partial charge in [0.05, 0.1) is 5.52 Å². The zero-order valence-corrected chi connectivity index (χ0v) is 11.3. The summed E-state index contributed by atoms with van der Waals surface area (Å²) in [6, 6.07) is 10.4. The molecule has 18 heavy (non-hydrogen) atoms. The van der Waals surface area contributed by atoms with Gasteiger partial charge in [-0.3, -0.25) is 4.98 Å². The van der Waals surface area contributed by atoms with Gasteiger partial charge in [-0.1, -0.05) is 25.1 Å². The van der Waals surface area contributed by atoms with Crippen LogP contribution in [0, 0.1) is 12.8 Å². The molecule has 1 heterocycles. The molecular formula is C15H21N3. The number of benzene rings is 1. The van der Waals surface area contributed by atoms with Crippen LogP contribution in [0.3, 0.4) is 0 Å². The molecule has 0 bridgehead atoms. The summed E-state index contributed by atoms with van der Waals surface area (Å²) in [5, 5.41) is 7.93. The molecule has 0 saturated heterocycles. The van der Waals surface area contributed by atoms with Crippen molar-refractivity contribution < 1.29 is 0 Å². The Morgan fingerprint density at radius 3 is 2.78 bits per heavy atom. The summed E-state index contributed by atoms with van der Waals surface area (Å²) in [4.78, 5) is 4.55. The van der Waals surface area contributed by atoms with Gasteiger partial charge >= 0.3 is 0 Å². The standard InChI is InChI=1S/C15H21N3/c1-11(9-16-3)10-17-15-8-12(2)18-14-7-5-4-6-13(14)15/h4-8,11,16H,9-10H2,1-3H3,(H,17,18). The van der Waals surface area contributed by atoms with E-state index in [0.717, 1.165) is 24.3 Å². The van der Waals surface area contributed by atoms with Crippen LogP contribution >= 0.6 is 0 Å². The summed E-state index contributed by atoms with van der Waals surface area (Å²) in [5.74, 6) is 0.599. The third-order valence-corrected chi connectivity index (χ3v) is 3.04. The Hall–Kier alpha value is -1.61. The summed E-state index contributed by atoms with van der Waals surface area (Å²) in [5.41, 5.74) is 3.29. The number of rotatable bonds is 5. The van der Waals surface area contributed by atoms with Gasteiger partial charge in [-0.2, -0.15) is 0 Å². The van der Waals surface area contributed by atoms with Crippen LogP contribution in [0.2, 0.25) is 0 Å². The Bertz CT molecular complexity index is 522. The van der Waals surface area contributed by atoms with Crippen molar-refractivity contribution in [2.45, 2.75) is 13.8 Å². The van der Waals surface area contributed by atoms with E-state index in [2.05, 4.69) is 46.8 Å². The largest absolute Gasteiger partial charge is 0.384 e. The first-order valence-corrected chi connectivity index (χ1v) is 6.45. The van der Waals surface area contributed by atoms with E-state index in [9.17, 15) is 0 Å². The zero-order valence-electron chi connectivity index (χ0n) is 11.3. The maximum atomic E-state index is 4.55. The predicted molar refractivity (Wildman–Crippen MR) is 78.1 cm³/mol. The van der Waals surface area contributed by atoms with Crippen molar-refractivity contribution in [3.8, 4) is 0 Å². The summed E-state index contributed by atoms with van der Waals surface area (Å²) in [6.45, 7) is 6.26. The molecule has 0 saturated carbocycles. The van der Waals surface area contributed by atoms with Crippen LogP contribution in [-0.4, -0.2) is 25.1 Å². The third kappa shape index (κ3) is 2.99. The number of nitrogens with one attached hydrogen (secondary N) is 2. The normalized spacial score (nSPS) is 12.6. The molecule has 0 amide bonds. The minimum Gasteiger partial charge on any atom is -0.384 e. The molecule has 0 aliphatic heterocycles. The number of fused-ring (bicyclic) bond motifs is 1. The number of pyridine rings is 1. The fourth-order valence-corrected chi connectivity index (χ4v) is 2.16.